The summed E-state index contributed by atoms with van der Waals surface area (Å²) in [4.78, 5) is 8.49. The third kappa shape index (κ3) is 1.78. The fraction of sp³-hybridized carbons (Fsp3) is 0.333. The van der Waals surface area contributed by atoms with E-state index in [2.05, 4.69) is 25.9 Å². The topological polar surface area (TPSA) is 50.9 Å². The Morgan fingerprint density at radius 3 is 3.07 bits per heavy atom. The van der Waals surface area contributed by atoms with Crippen molar-refractivity contribution < 1.29 is 5.11 Å². The highest BCUT2D eigenvalue weighted by Gasteiger charge is 2.03. The number of halogens is 1. The average molecular weight is 256 g/mol. The van der Waals surface area contributed by atoms with Crippen LogP contribution in [-0.2, 0) is 6.54 Å². The molecule has 74 valence electrons. The average Bonchev–Trinajstić information content (AvgIpc) is 2.57. The Kier molecular flexibility index (Phi) is 2.79. The van der Waals surface area contributed by atoms with Crippen molar-refractivity contribution in [3.8, 4) is 0 Å². The molecule has 5 heteroatoms. The lowest BCUT2D eigenvalue weighted by Crippen LogP contribution is -1.99. The fourth-order valence-corrected chi connectivity index (χ4v) is 1.65. The first-order chi connectivity index (χ1) is 6.81. The van der Waals surface area contributed by atoms with Gasteiger partial charge in [0.15, 0.2) is 5.65 Å². The number of hydrogen-bond donors (Lipinski definition) is 1. The SMILES string of the molecule is OCCCn1cnc2cc(Br)cnc21. The molecule has 2 heterocycles. The summed E-state index contributed by atoms with van der Waals surface area (Å²) in [5.41, 5.74) is 1.74. The van der Waals surface area contributed by atoms with Crippen molar-refractivity contribution in [2.24, 2.45) is 0 Å². The minimum absolute atomic E-state index is 0.191. The van der Waals surface area contributed by atoms with Crippen LogP contribution in [0.25, 0.3) is 11.2 Å². The van der Waals surface area contributed by atoms with Crippen LogP contribution in [0, 0.1) is 0 Å². The largest absolute Gasteiger partial charge is 0.396 e. The molecule has 0 aliphatic rings. The van der Waals surface area contributed by atoms with Gasteiger partial charge >= 0.3 is 0 Å². The minimum atomic E-state index is 0.191. The highest BCUT2D eigenvalue weighted by Crippen LogP contribution is 2.15. The van der Waals surface area contributed by atoms with Gasteiger partial charge in [0.25, 0.3) is 0 Å². The van der Waals surface area contributed by atoms with E-state index >= 15 is 0 Å². The summed E-state index contributed by atoms with van der Waals surface area (Å²) in [6.45, 7) is 0.942. The molecule has 0 unspecified atom stereocenters. The van der Waals surface area contributed by atoms with Crippen LogP contribution in [0.15, 0.2) is 23.1 Å². The van der Waals surface area contributed by atoms with Crippen LogP contribution in [-0.4, -0.2) is 26.2 Å². The zero-order chi connectivity index (χ0) is 9.97. The molecule has 0 atom stereocenters. The standard InChI is InChI=1S/C9H10BrN3O/c10-7-4-8-9(11-5-7)13(6-12-8)2-1-3-14/h4-6,14H,1-3H2. The second-order valence-electron chi connectivity index (χ2n) is 3.01. The maximum atomic E-state index is 8.72. The number of hydrogen-bond acceptors (Lipinski definition) is 3. The number of aryl methyl sites for hydroxylation is 1. The summed E-state index contributed by atoms with van der Waals surface area (Å²) < 4.78 is 2.87. The molecule has 2 aromatic heterocycles. The second-order valence-corrected chi connectivity index (χ2v) is 3.93. The van der Waals surface area contributed by atoms with Gasteiger partial charge in [0.05, 0.1) is 6.33 Å². The number of aliphatic hydroxyl groups excluding tert-OH is 1. The molecule has 2 rings (SSSR count). The van der Waals surface area contributed by atoms with E-state index in [0.29, 0.717) is 0 Å². The number of imidazole rings is 1. The zero-order valence-corrected chi connectivity index (χ0v) is 9.11. The molecule has 14 heavy (non-hydrogen) atoms. The van der Waals surface area contributed by atoms with Crippen LogP contribution in [0.2, 0.25) is 0 Å². The second kappa shape index (κ2) is 4.06. The lowest BCUT2D eigenvalue weighted by atomic mass is 10.4. The molecule has 0 amide bonds. The van der Waals surface area contributed by atoms with Crippen molar-refractivity contribution in [1.82, 2.24) is 14.5 Å². The molecule has 0 spiro atoms. The Bertz CT molecular complexity index is 441. The summed E-state index contributed by atoms with van der Waals surface area (Å²) in [5.74, 6) is 0. The highest BCUT2D eigenvalue weighted by molar-refractivity contribution is 9.10. The first kappa shape index (κ1) is 9.61. The molecule has 1 N–H and O–H groups in total. The van der Waals surface area contributed by atoms with Crippen LogP contribution in [0.3, 0.4) is 0 Å². The molecule has 0 aliphatic carbocycles. The molecule has 0 bridgehead atoms. The van der Waals surface area contributed by atoms with Crippen molar-refractivity contribution in [3.63, 3.8) is 0 Å². The number of nitrogens with zero attached hydrogens (tertiary/aromatic N) is 3. The molecule has 0 radical (unpaired) electrons. The summed E-state index contributed by atoms with van der Waals surface area (Å²) in [6.07, 6.45) is 4.22. The predicted molar refractivity (Wildman–Crippen MR) is 56.9 cm³/mol. The lowest BCUT2D eigenvalue weighted by Gasteiger charge is -2.00. The van der Waals surface area contributed by atoms with Gasteiger partial charge in [-0.25, -0.2) is 9.97 Å². The molecule has 4 nitrogen and oxygen atoms in total. The summed E-state index contributed by atoms with van der Waals surface area (Å²) in [6, 6.07) is 1.93. The first-order valence-corrected chi connectivity index (χ1v) is 5.18. The van der Waals surface area contributed by atoms with Gasteiger partial charge in [-0.1, -0.05) is 0 Å². The Morgan fingerprint density at radius 2 is 2.29 bits per heavy atom. The Labute approximate surface area is 89.7 Å². The van der Waals surface area contributed by atoms with E-state index in [-0.39, 0.29) is 6.61 Å². The van der Waals surface area contributed by atoms with Crippen molar-refractivity contribution in [1.29, 1.82) is 0 Å². The van der Waals surface area contributed by atoms with Crippen LogP contribution in [0.4, 0.5) is 0 Å². The highest BCUT2D eigenvalue weighted by atomic mass is 79.9. The quantitative estimate of drug-likeness (QED) is 0.906. The van der Waals surface area contributed by atoms with Gasteiger partial charge in [-0.05, 0) is 28.4 Å². The molecule has 0 fully saturated rings. The van der Waals surface area contributed by atoms with Crippen LogP contribution >= 0.6 is 15.9 Å². The van der Waals surface area contributed by atoms with Crippen LogP contribution in [0.5, 0.6) is 0 Å². The monoisotopic (exact) mass is 255 g/mol. The van der Waals surface area contributed by atoms with Crippen molar-refractivity contribution >= 4 is 27.1 Å². The Hall–Kier alpha value is -0.940. The maximum absolute atomic E-state index is 8.72. The molecule has 0 saturated heterocycles. The molecule has 2 aromatic rings. The summed E-state index contributed by atoms with van der Waals surface area (Å²) >= 11 is 3.34. The van der Waals surface area contributed by atoms with Gasteiger partial charge in [-0.3, -0.25) is 0 Å². The van der Waals surface area contributed by atoms with Gasteiger partial charge in [0.2, 0.25) is 0 Å². The number of aliphatic hydroxyl groups is 1. The predicted octanol–water partition coefficient (Wildman–Crippen LogP) is 1.58. The molecule has 0 aromatic carbocycles. The smallest absolute Gasteiger partial charge is 0.159 e. The summed E-state index contributed by atoms with van der Waals surface area (Å²) in [7, 11) is 0. The molecule has 0 aliphatic heterocycles. The lowest BCUT2D eigenvalue weighted by molar-refractivity contribution is 0.280. The summed E-state index contributed by atoms with van der Waals surface area (Å²) in [5, 5.41) is 8.72. The normalized spacial score (nSPS) is 11.0. The number of aromatic nitrogens is 3. The van der Waals surface area contributed by atoms with Gasteiger partial charge in [-0.2, -0.15) is 0 Å². The minimum Gasteiger partial charge on any atom is -0.396 e. The molecular formula is C9H10BrN3O. The maximum Gasteiger partial charge on any atom is 0.159 e. The van der Waals surface area contributed by atoms with Crippen LogP contribution < -0.4 is 0 Å². The molecular weight excluding hydrogens is 246 g/mol. The van der Waals surface area contributed by atoms with Gasteiger partial charge in [-0.15, -0.1) is 0 Å². The Morgan fingerprint density at radius 1 is 1.43 bits per heavy atom. The van der Waals surface area contributed by atoms with Crippen LogP contribution in [0.1, 0.15) is 6.42 Å². The van der Waals surface area contributed by atoms with Crippen molar-refractivity contribution in [2.75, 3.05) is 6.61 Å². The number of fused-ring (bicyclic) bond motifs is 1. The molecule has 0 saturated carbocycles. The fourth-order valence-electron chi connectivity index (χ4n) is 1.33. The van der Waals surface area contributed by atoms with Gasteiger partial charge < -0.3 is 9.67 Å². The first-order valence-electron chi connectivity index (χ1n) is 4.38. The number of pyridine rings is 1. The van der Waals surface area contributed by atoms with Crippen molar-refractivity contribution in [3.05, 3.63) is 23.1 Å². The van der Waals surface area contributed by atoms with E-state index < -0.39 is 0 Å². The number of rotatable bonds is 3. The van der Waals surface area contributed by atoms with E-state index in [1.807, 2.05) is 10.6 Å². The van der Waals surface area contributed by atoms with E-state index in [0.717, 1.165) is 28.6 Å². The van der Waals surface area contributed by atoms with Gasteiger partial charge in [0, 0.05) is 23.8 Å². The third-order valence-electron chi connectivity index (χ3n) is 1.98. The van der Waals surface area contributed by atoms with Gasteiger partial charge in [0.1, 0.15) is 5.52 Å². The van der Waals surface area contributed by atoms with Crippen molar-refractivity contribution in [2.45, 2.75) is 13.0 Å². The van der Waals surface area contributed by atoms with E-state index in [4.69, 9.17) is 5.11 Å². The van der Waals surface area contributed by atoms with E-state index in [9.17, 15) is 0 Å². The van der Waals surface area contributed by atoms with E-state index in [1.54, 1.807) is 12.5 Å². The zero-order valence-electron chi connectivity index (χ0n) is 7.52. The Balaban J connectivity index is 2.37. The third-order valence-corrected chi connectivity index (χ3v) is 2.41. The van der Waals surface area contributed by atoms with E-state index in [1.165, 1.54) is 0 Å².